The highest BCUT2D eigenvalue weighted by molar-refractivity contribution is 5.69. The largest absolute Gasteiger partial charge is 0.444 e. The van der Waals surface area contributed by atoms with E-state index in [9.17, 15) is 4.79 Å². The van der Waals surface area contributed by atoms with Crippen LogP contribution in [0, 0.1) is 23.2 Å². The van der Waals surface area contributed by atoms with Crippen molar-refractivity contribution < 1.29 is 9.53 Å². The van der Waals surface area contributed by atoms with Crippen LogP contribution >= 0.6 is 0 Å². The Morgan fingerprint density at radius 2 is 2.12 bits per heavy atom. The molecule has 94 valence electrons. The topological polar surface area (TPSA) is 53.3 Å². The van der Waals surface area contributed by atoms with E-state index in [1.54, 1.807) is 0 Å². The zero-order chi connectivity index (χ0) is 12.6. The van der Waals surface area contributed by atoms with Crippen molar-refractivity contribution in [2.24, 2.45) is 11.8 Å². The molecule has 2 heterocycles. The highest BCUT2D eigenvalue weighted by Gasteiger charge is 2.43. The molecule has 3 rings (SSSR count). The second kappa shape index (κ2) is 4.21. The Kier molecular flexibility index (Phi) is 3.03. The SMILES string of the molecule is CC(C)(C)OC(=O)N1C[C@H]2CC[C@@H]1CC2C#N. The molecule has 1 aliphatic carbocycles. The number of carbonyl (C=O) groups excluding carboxylic acids is 1. The van der Waals surface area contributed by atoms with Gasteiger partial charge in [-0.15, -0.1) is 0 Å². The average Bonchev–Trinajstić information content (AvgIpc) is 2.27. The van der Waals surface area contributed by atoms with Gasteiger partial charge in [-0.05, 0) is 46.0 Å². The summed E-state index contributed by atoms with van der Waals surface area (Å²) >= 11 is 0. The summed E-state index contributed by atoms with van der Waals surface area (Å²) in [7, 11) is 0. The van der Waals surface area contributed by atoms with Gasteiger partial charge in [0.1, 0.15) is 5.60 Å². The molecule has 0 radical (unpaired) electrons. The highest BCUT2D eigenvalue weighted by Crippen LogP contribution is 2.39. The van der Waals surface area contributed by atoms with Crippen LogP contribution in [0.2, 0.25) is 0 Å². The van der Waals surface area contributed by atoms with E-state index in [1.165, 1.54) is 0 Å². The summed E-state index contributed by atoms with van der Waals surface area (Å²) in [4.78, 5) is 13.8. The van der Waals surface area contributed by atoms with Crippen molar-refractivity contribution in [3.8, 4) is 6.07 Å². The van der Waals surface area contributed by atoms with Crippen LogP contribution in [0.4, 0.5) is 4.79 Å². The van der Waals surface area contributed by atoms with Crippen molar-refractivity contribution >= 4 is 6.09 Å². The van der Waals surface area contributed by atoms with Gasteiger partial charge in [0.2, 0.25) is 0 Å². The van der Waals surface area contributed by atoms with Crippen molar-refractivity contribution in [1.29, 1.82) is 5.26 Å². The molecule has 4 heteroatoms. The summed E-state index contributed by atoms with van der Waals surface area (Å²) in [5.41, 5.74) is -0.442. The summed E-state index contributed by atoms with van der Waals surface area (Å²) < 4.78 is 5.40. The Bertz CT molecular complexity index is 353. The number of fused-ring (bicyclic) bond motifs is 3. The molecule has 4 nitrogen and oxygen atoms in total. The van der Waals surface area contributed by atoms with E-state index in [0.717, 1.165) is 19.3 Å². The third-order valence-electron chi connectivity index (χ3n) is 3.63. The van der Waals surface area contributed by atoms with Gasteiger partial charge in [-0.1, -0.05) is 0 Å². The number of ether oxygens (including phenoxy) is 1. The van der Waals surface area contributed by atoms with E-state index in [4.69, 9.17) is 10.00 Å². The Morgan fingerprint density at radius 3 is 2.59 bits per heavy atom. The number of amides is 1. The fraction of sp³-hybridized carbons (Fsp3) is 0.846. The molecule has 17 heavy (non-hydrogen) atoms. The molecule has 0 N–H and O–H groups in total. The lowest BCUT2D eigenvalue weighted by Gasteiger charge is -2.47. The molecule has 0 spiro atoms. The molecule has 3 fully saturated rings. The van der Waals surface area contributed by atoms with Gasteiger partial charge in [-0.25, -0.2) is 4.79 Å². The summed E-state index contributed by atoms with van der Waals surface area (Å²) in [5, 5.41) is 9.04. The summed E-state index contributed by atoms with van der Waals surface area (Å²) in [5.74, 6) is 0.477. The van der Waals surface area contributed by atoms with Gasteiger partial charge in [-0.3, -0.25) is 0 Å². The quantitative estimate of drug-likeness (QED) is 0.649. The van der Waals surface area contributed by atoms with E-state index in [-0.39, 0.29) is 18.1 Å². The first kappa shape index (κ1) is 12.2. The van der Waals surface area contributed by atoms with Crippen molar-refractivity contribution in [3.05, 3.63) is 0 Å². The van der Waals surface area contributed by atoms with Crippen LogP contribution < -0.4 is 0 Å². The Balaban J connectivity index is 2.01. The smallest absolute Gasteiger partial charge is 0.410 e. The number of hydrogen-bond donors (Lipinski definition) is 0. The molecule has 1 saturated carbocycles. The van der Waals surface area contributed by atoms with Crippen LogP contribution in [-0.2, 0) is 4.74 Å². The van der Waals surface area contributed by atoms with Crippen LogP contribution in [0.25, 0.3) is 0 Å². The zero-order valence-corrected chi connectivity index (χ0v) is 10.8. The first-order valence-electron chi connectivity index (χ1n) is 6.30. The third-order valence-corrected chi connectivity index (χ3v) is 3.63. The van der Waals surface area contributed by atoms with Crippen LogP contribution in [0.15, 0.2) is 0 Å². The van der Waals surface area contributed by atoms with Crippen LogP contribution in [0.1, 0.15) is 40.0 Å². The molecule has 1 unspecified atom stereocenters. The standard InChI is InChI=1S/C13H20N2O2/c1-13(2,3)17-12(16)15-8-9-4-5-11(15)6-10(9)7-14/h9-11H,4-6,8H2,1-3H3/t9-,10?,11-/m1/s1. The first-order chi connectivity index (χ1) is 7.90. The predicted molar refractivity (Wildman–Crippen MR) is 63.2 cm³/mol. The maximum absolute atomic E-state index is 12.0. The molecule has 0 aromatic heterocycles. The molecule has 0 aromatic carbocycles. The molecule has 2 saturated heterocycles. The monoisotopic (exact) mass is 236 g/mol. The van der Waals surface area contributed by atoms with Crippen molar-refractivity contribution in [3.63, 3.8) is 0 Å². The van der Waals surface area contributed by atoms with Crippen LogP contribution in [0.3, 0.4) is 0 Å². The number of nitrogens with zero attached hydrogens (tertiary/aromatic N) is 2. The van der Waals surface area contributed by atoms with Gasteiger partial charge in [0.05, 0.1) is 12.0 Å². The number of piperidine rings is 2. The minimum Gasteiger partial charge on any atom is -0.444 e. The van der Waals surface area contributed by atoms with E-state index < -0.39 is 5.60 Å². The van der Waals surface area contributed by atoms with Crippen LogP contribution in [-0.4, -0.2) is 29.2 Å². The minimum absolute atomic E-state index is 0.132. The molecule has 2 aliphatic heterocycles. The first-order valence-corrected chi connectivity index (χ1v) is 6.30. The lowest BCUT2D eigenvalue weighted by molar-refractivity contribution is -0.0210. The van der Waals surface area contributed by atoms with Crippen molar-refractivity contribution in [2.75, 3.05) is 6.54 Å². The fourth-order valence-electron chi connectivity index (χ4n) is 2.82. The summed E-state index contributed by atoms with van der Waals surface area (Å²) in [6.45, 7) is 6.33. The lowest BCUT2D eigenvalue weighted by Crippen LogP contribution is -2.55. The van der Waals surface area contributed by atoms with Gasteiger partial charge < -0.3 is 9.64 Å². The molecular weight excluding hydrogens is 216 g/mol. The molecule has 0 aromatic rings. The number of nitriles is 1. The molecule has 3 atom stereocenters. The number of carbonyl (C=O) groups is 1. The van der Waals surface area contributed by atoms with Gasteiger partial charge >= 0.3 is 6.09 Å². The molecular formula is C13H20N2O2. The highest BCUT2D eigenvalue weighted by atomic mass is 16.6. The van der Waals surface area contributed by atoms with Crippen molar-refractivity contribution in [2.45, 2.75) is 51.7 Å². The number of rotatable bonds is 0. The van der Waals surface area contributed by atoms with Crippen molar-refractivity contribution in [1.82, 2.24) is 4.90 Å². The average molecular weight is 236 g/mol. The van der Waals surface area contributed by atoms with E-state index in [2.05, 4.69) is 6.07 Å². The summed E-state index contributed by atoms with van der Waals surface area (Å²) in [6, 6.07) is 2.57. The maximum atomic E-state index is 12.0. The Morgan fingerprint density at radius 1 is 1.41 bits per heavy atom. The zero-order valence-electron chi connectivity index (χ0n) is 10.8. The second-order valence-corrected chi connectivity index (χ2v) is 6.10. The van der Waals surface area contributed by atoms with E-state index in [1.807, 2.05) is 25.7 Å². The Hall–Kier alpha value is -1.24. The fourth-order valence-corrected chi connectivity index (χ4v) is 2.82. The molecule has 3 aliphatic rings. The summed E-state index contributed by atoms with van der Waals surface area (Å²) in [6.07, 6.45) is 2.69. The van der Waals surface area contributed by atoms with E-state index >= 15 is 0 Å². The second-order valence-electron chi connectivity index (χ2n) is 6.10. The van der Waals surface area contributed by atoms with Gasteiger partial charge in [0.15, 0.2) is 0 Å². The number of hydrogen-bond acceptors (Lipinski definition) is 3. The molecule has 2 bridgehead atoms. The third kappa shape index (κ3) is 2.54. The van der Waals surface area contributed by atoms with Gasteiger partial charge in [-0.2, -0.15) is 5.26 Å². The normalized spacial score (nSPS) is 32.1. The maximum Gasteiger partial charge on any atom is 0.410 e. The molecule has 1 amide bonds. The lowest BCUT2D eigenvalue weighted by atomic mass is 9.73. The van der Waals surface area contributed by atoms with Gasteiger partial charge in [0, 0.05) is 12.6 Å². The van der Waals surface area contributed by atoms with Crippen LogP contribution in [0.5, 0.6) is 0 Å². The van der Waals surface area contributed by atoms with Gasteiger partial charge in [0.25, 0.3) is 0 Å². The van der Waals surface area contributed by atoms with E-state index in [0.29, 0.717) is 12.5 Å². The minimum atomic E-state index is -0.442. The Labute approximate surface area is 103 Å². The predicted octanol–water partition coefficient (Wildman–Crippen LogP) is 2.55.